The molecule has 0 radical (unpaired) electrons. The van der Waals surface area contributed by atoms with Gasteiger partial charge in [0, 0.05) is 19.7 Å². The fourth-order valence-corrected chi connectivity index (χ4v) is 1.75. The van der Waals surface area contributed by atoms with E-state index in [1.165, 1.54) is 0 Å². The Morgan fingerprint density at radius 2 is 2.22 bits per heavy atom. The molecule has 1 fully saturated rings. The van der Waals surface area contributed by atoms with Crippen LogP contribution in [0.25, 0.3) is 0 Å². The second kappa shape index (κ2) is 10.7. The van der Waals surface area contributed by atoms with Crippen molar-refractivity contribution >= 4 is 0 Å². The third kappa shape index (κ3) is 7.97. The van der Waals surface area contributed by atoms with Gasteiger partial charge < -0.3 is 29.7 Å². The quantitative estimate of drug-likeness (QED) is 0.421. The van der Waals surface area contributed by atoms with Crippen molar-refractivity contribution in [1.29, 1.82) is 0 Å². The molecule has 0 aromatic rings. The lowest BCUT2D eigenvalue weighted by Gasteiger charge is -2.14. The Balaban J connectivity index is 1.82. The minimum atomic E-state index is -0.510. The fraction of sp³-hybridized carbons (Fsp3) is 1.00. The largest absolute Gasteiger partial charge is 0.394 e. The molecule has 3 N–H and O–H groups in total. The van der Waals surface area contributed by atoms with Crippen LogP contribution < -0.4 is 5.32 Å². The maximum atomic E-state index is 9.62. The van der Waals surface area contributed by atoms with Crippen LogP contribution in [0, 0.1) is 0 Å². The zero-order valence-electron chi connectivity index (χ0n) is 10.8. The van der Waals surface area contributed by atoms with Gasteiger partial charge in [-0.15, -0.1) is 0 Å². The van der Waals surface area contributed by atoms with E-state index in [1.807, 2.05) is 0 Å². The summed E-state index contributed by atoms with van der Waals surface area (Å²) in [6.07, 6.45) is 1.85. The van der Waals surface area contributed by atoms with Crippen molar-refractivity contribution in [3.63, 3.8) is 0 Å². The van der Waals surface area contributed by atoms with E-state index in [4.69, 9.17) is 19.3 Å². The first-order chi connectivity index (χ1) is 8.83. The lowest BCUT2D eigenvalue weighted by atomic mass is 10.2. The zero-order chi connectivity index (χ0) is 13.1. The van der Waals surface area contributed by atoms with Crippen LogP contribution in [0.2, 0.25) is 0 Å². The van der Waals surface area contributed by atoms with Gasteiger partial charge in [-0.1, -0.05) is 0 Å². The van der Waals surface area contributed by atoms with Crippen molar-refractivity contribution < 1.29 is 24.4 Å². The van der Waals surface area contributed by atoms with Gasteiger partial charge in [0.05, 0.1) is 45.2 Å². The molecule has 6 nitrogen and oxygen atoms in total. The summed E-state index contributed by atoms with van der Waals surface area (Å²) in [6.45, 7) is 3.78. The molecular formula is C12H25NO5. The van der Waals surface area contributed by atoms with E-state index in [2.05, 4.69) is 5.32 Å². The Labute approximate surface area is 108 Å². The van der Waals surface area contributed by atoms with Crippen molar-refractivity contribution in [3.8, 4) is 0 Å². The predicted octanol–water partition coefficient (Wildman–Crippen LogP) is -0.859. The molecule has 1 heterocycles. The van der Waals surface area contributed by atoms with Gasteiger partial charge in [-0.25, -0.2) is 0 Å². The summed E-state index contributed by atoms with van der Waals surface area (Å²) < 4.78 is 15.9. The number of nitrogens with one attached hydrogen (secondary N) is 1. The van der Waals surface area contributed by atoms with Gasteiger partial charge >= 0.3 is 0 Å². The van der Waals surface area contributed by atoms with Gasteiger partial charge in [0.1, 0.15) is 0 Å². The van der Waals surface area contributed by atoms with Gasteiger partial charge in [0.2, 0.25) is 0 Å². The summed E-state index contributed by atoms with van der Waals surface area (Å²) in [6, 6.07) is 0. The van der Waals surface area contributed by atoms with Crippen LogP contribution in [0.4, 0.5) is 0 Å². The van der Waals surface area contributed by atoms with E-state index < -0.39 is 6.10 Å². The molecule has 0 aromatic carbocycles. The molecule has 0 bridgehead atoms. The molecule has 6 heteroatoms. The van der Waals surface area contributed by atoms with E-state index in [0.717, 1.165) is 19.4 Å². The Kier molecular flexibility index (Phi) is 9.37. The monoisotopic (exact) mass is 263 g/mol. The topological polar surface area (TPSA) is 80.2 Å². The Bertz CT molecular complexity index is 187. The Morgan fingerprint density at radius 1 is 1.33 bits per heavy atom. The summed E-state index contributed by atoms with van der Waals surface area (Å²) in [5.74, 6) is 0. The SMILES string of the molecule is OCCOCCNCC(O)COCC1CCCO1. The average Bonchev–Trinajstić information content (AvgIpc) is 2.87. The lowest BCUT2D eigenvalue weighted by molar-refractivity contribution is -0.0167. The van der Waals surface area contributed by atoms with Gasteiger partial charge in [-0.3, -0.25) is 0 Å². The summed E-state index contributed by atoms with van der Waals surface area (Å²) in [7, 11) is 0. The maximum absolute atomic E-state index is 9.62. The van der Waals surface area contributed by atoms with E-state index in [0.29, 0.717) is 39.5 Å². The van der Waals surface area contributed by atoms with Crippen molar-refractivity contribution in [3.05, 3.63) is 0 Å². The lowest BCUT2D eigenvalue weighted by Crippen LogP contribution is -2.33. The average molecular weight is 263 g/mol. The number of rotatable bonds is 11. The molecule has 0 aliphatic carbocycles. The second-order valence-corrected chi connectivity index (χ2v) is 4.37. The molecule has 0 saturated carbocycles. The molecule has 2 atom stereocenters. The summed E-state index contributed by atoms with van der Waals surface area (Å²) in [4.78, 5) is 0. The summed E-state index contributed by atoms with van der Waals surface area (Å²) in [5, 5.41) is 21.2. The highest BCUT2D eigenvalue weighted by Gasteiger charge is 2.15. The molecule has 0 spiro atoms. The van der Waals surface area contributed by atoms with E-state index in [-0.39, 0.29) is 12.7 Å². The number of hydrogen-bond donors (Lipinski definition) is 3. The molecule has 1 rings (SSSR count). The van der Waals surface area contributed by atoms with Crippen molar-refractivity contribution in [2.24, 2.45) is 0 Å². The van der Waals surface area contributed by atoms with Crippen LogP contribution in [-0.4, -0.2) is 75.2 Å². The molecular weight excluding hydrogens is 238 g/mol. The van der Waals surface area contributed by atoms with Crippen molar-refractivity contribution in [2.75, 3.05) is 52.7 Å². The van der Waals surface area contributed by atoms with Crippen LogP contribution in [0.15, 0.2) is 0 Å². The normalized spacial score (nSPS) is 21.3. The minimum absolute atomic E-state index is 0.0414. The fourth-order valence-electron chi connectivity index (χ4n) is 1.75. The minimum Gasteiger partial charge on any atom is -0.394 e. The molecule has 2 unspecified atom stereocenters. The van der Waals surface area contributed by atoms with Crippen LogP contribution in [0.1, 0.15) is 12.8 Å². The van der Waals surface area contributed by atoms with E-state index in [9.17, 15) is 5.11 Å². The third-order valence-corrected chi connectivity index (χ3v) is 2.68. The highest BCUT2D eigenvalue weighted by molar-refractivity contribution is 4.64. The highest BCUT2D eigenvalue weighted by Crippen LogP contribution is 2.11. The van der Waals surface area contributed by atoms with Crippen molar-refractivity contribution in [1.82, 2.24) is 5.32 Å². The van der Waals surface area contributed by atoms with Crippen LogP contribution >= 0.6 is 0 Å². The summed E-state index contributed by atoms with van der Waals surface area (Å²) >= 11 is 0. The predicted molar refractivity (Wildman–Crippen MR) is 66.6 cm³/mol. The smallest absolute Gasteiger partial charge is 0.0897 e. The molecule has 18 heavy (non-hydrogen) atoms. The summed E-state index contributed by atoms with van der Waals surface area (Å²) in [5.41, 5.74) is 0. The van der Waals surface area contributed by atoms with Gasteiger partial charge in [0.15, 0.2) is 0 Å². The van der Waals surface area contributed by atoms with E-state index >= 15 is 0 Å². The zero-order valence-corrected chi connectivity index (χ0v) is 10.8. The number of ether oxygens (including phenoxy) is 3. The Morgan fingerprint density at radius 3 is 2.94 bits per heavy atom. The van der Waals surface area contributed by atoms with Crippen molar-refractivity contribution in [2.45, 2.75) is 25.0 Å². The molecule has 1 aliphatic rings. The maximum Gasteiger partial charge on any atom is 0.0897 e. The first-order valence-electron chi connectivity index (χ1n) is 6.59. The first-order valence-corrected chi connectivity index (χ1v) is 6.59. The number of aliphatic hydroxyl groups excluding tert-OH is 2. The van der Waals surface area contributed by atoms with Crippen LogP contribution in [0.5, 0.6) is 0 Å². The Hall–Kier alpha value is -0.240. The van der Waals surface area contributed by atoms with Gasteiger partial charge in [0.25, 0.3) is 0 Å². The number of aliphatic hydroxyl groups is 2. The molecule has 1 saturated heterocycles. The van der Waals surface area contributed by atoms with Gasteiger partial charge in [-0.2, -0.15) is 0 Å². The molecule has 0 amide bonds. The molecule has 108 valence electrons. The third-order valence-electron chi connectivity index (χ3n) is 2.68. The number of hydrogen-bond acceptors (Lipinski definition) is 6. The first kappa shape index (κ1) is 15.8. The van der Waals surface area contributed by atoms with E-state index in [1.54, 1.807) is 0 Å². The molecule has 1 aliphatic heterocycles. The van der Waals surface area contributed by atoms with Crippen LogP contribution in [-0.2, 0) is 14.2 Å². The second-order valence-electron chi connectivity index (χ2n) is 4.37. The molecule has 0 aromatic heterocycles. The standard InChI is InChI=1S/C12H25NO5/c14-4-7-16-6-3-13-8-11(15)9-17-10-12-2-1-5-18-12/h11-15H,1-10H2. The van der Waals surface area contributed by atoms with Crippen LogP contribution in [0.3, 0.4) is 0 Å². The highest BCUT2D eigenvalue weighted by atomic mass is 16.5. The van der Waals surface area contributed by atoms with Gasteiger partial charge in [-0.05, 0) is 12.8 Å².